The van der Waals surface area contributed by atoms with Gasteiger partial charge in [0.1, 0.15) is 11.5 Å². The molecule has 0 radical (unpaired) electrons. The summed E-state index contributed by atoms with van der Waals surface area (Å²) in [5.74, 6) is -0.792. The van der Waals surface area contributed by atoms with Gasteiger partial charge in [-0.3, -0.25) is 4.90 Å². The second-order valence-corrected chi connectivity index (χ2v) is 8.54. The number of sulfone groups is 1. The van der Waals surface area contributed by atoms with Gasteiger partial charge in [-0.1, -0.05) is 24.3 Å². The van der Waals surface area contributed by atoms with Crippen LogP contribution in [0.3, 0.4) is 0 Å². The quantitative estimate of drug-likeness (QED) is 0.694. The predicted molar refractivity (Wildman–Crippen MR) is 100 cm³/mol. The van der Waals surface area contributed by atoms with E-state index in [1.54, 1.807) is 0 Å². The molecule has 1 unspecified atom stereocenters. The monoisotopic (exact) mass is 464 g/mol. The summed E-state index contributed by atoms with van der Waals surface area (Å²) in [7, 11) is -4.01. The number of halogens is 6. The van der Waals surface area contributed by atoms with Gasteiger partial charge in [0, 0.05) is 11.8 Å². The molecule has 1 N–H and O–H groups in total. The molecule has 166 valence electrons. The lowest BCUT2D eigenvalue weighted by molar-refractivity contribution is -0.137. The molecule has 0 amide bonds. The topological polar surface area (TPSA) is 70.0 Å². The summed E-state index contributed by atoms with van der Waals surface area (Å²) < 4.78 is 105. The summed E-state index contributed by atoms with van der Waals surface area (Å²) in [6.07, 6.45) is -11.1. The van der Waals surface area contributed by atoms with E-state index in [4.69, 9.17) is 0 Å². The van der Waals surface area contributed by atoms with Gasteiger partial charge in [-0.15, -0.1) is 0 Å². The van der Waals surface area contributed by atoms with Gasteiger partial charge in [0.25, 0.3) is 0 Å². The SMILES string of the molecule is CS(=O)(=O)c1ccccc1C1=NC(C(F)(F)F)=CC(O)N1c1ccccc1C(F)(F)F. The molecule has 0 saturated heterocycles. The normalized spacial score (nSPS) is 17.9. The molecule has 12 heteroatoms. The number of amidine groups is 1. The molecule has 0 aromatic heterocycles. The minimum atomic E-state index is -5.04. The number of aliphatic imine (C=N–C) groups is 1. The number of anilines is 1. The van der Waals surface area contributed by atoms with Crippen LogP contribution in [0.4, 0.5) is 32.0 Å². The van der Waals surface area contributed by atoms with E-state index in [9.17, 15) is 39.9 Å². The highest BCUT2D eigenvalue weighted by molar-refractivity contribution is 7.90. The van der Waals surface area contributed by atoms with Crippen LogP contribution in [0.5, 0.6) is 0 Å². The number of alkyl halides is 6. The lowest BCUT2D eigenvalue weighted by Crippen LogP contribution is -2.45. The highest BCUT2D eigenvalue weighted by atomic mass is 32.2. The highest BCUT2D eigenvalue weighted by Crippen LogP contribution is 2.40. The zero-order valence-electron chi connectivity index (χ0n) is 15.6. The highest BCUT2D eigenvalue weighted by Gasteiger charge is 2.42. The molecular formula is C19H14F6N2O3S. The van der Waals surface area contributed by atoms with Crippen molar-refractivity contribution in [1.29, 1.82) is 0 Å². The maximum Gasteiger partial charge on any atom is 0.433 e. The first-order valence-corrected chi connectivity index (χ1v) is 10.4. The van der Waals surface area contributed by atoms with Crippen LogP contribution in [-0.4, -0.2) is 38.0 Å². The summed E-state index contributed by atoms with van der Waals surface area (Å²) >= 11 is 0. The predicted octanol–water partition coefficient (Wildman–Crippen LogP) is 4.14. The number of hydrogen-bond acceptors (Lipinski definition) is 5. The van der Waals surface area contributed by atoms with Crippen molar-refractivity contribution < 1.29 is 39.9 Å². The summed E-state index contributed by atoms with van der Waals surface area (Å²) in [6, 6.07) is 8.67. The van der Waals surface area contributed by atoms with Crippen LogP contribution in [0.25, 0.3) is 0 Å². The Hall–Kier alpha value is -2.86. The molecule has 0 aliphatic carbocycles. The third kappa shape index (κ3) is 4.59. The van der Waals surface area contributed by atoms with E-state index in [0.29, 0.717) is 11.0 Å². The minimum Gasteiger partial charge on any atom is -0.369 e. The van der Waals surface area contributed by atoms with Crippen LogP contribution in [0, 0.1) is 0 Å². The van der Waals surface area contributed by atoms with Gasteiger partial charge in [0.05, 0.1) is 16.1 Å². The maximum atomic E-state index is 13.6. The fraction of sp³-hybridized carbons (Fsp3) is 0.211. The van der Waals surface area contributed by atoms with E-state index in [-0.39, 0.29) is 6.08 Å². The Labute approximate surface area is 172 Å². The van der Waals surface area contributed by atoms with Crippen LogP contribution in [0.1, 0.15) is 11.1 Å². The van der Waals surface area contributed by atoms with Gasteiger partial charge in [0.15, 0.2) is 16.1 Å². The second-order valence-electron chi connectivity index (χ2n) is 6.55. The van der Waals surface area contributed by atoms with E-state index < -0.39 is 61.7 Å². The van der Waals surface area contributed by atoms with Gasteiger partial charge in [0.2, 0.25) is 0 Å². The molecule has 1 atom stereocenters. The van der Waals surface area contributed by atoms with Crippen molar-refractivity contribution in [3.8, 4) is 0 Å². The number of nitrogens with zero attached hydrogens (tertiary/aromatic N) is 2. The van der Waals surface area contributed by atoms with Crippen LogP contribution in [0.15, 0.2) is 70.2 Å². The van der Waals surface area contributed by atoms with E-state index in [0.717, 1.165) is 30.5 Å². The molecule has 0 spiro atoms. The number of benzene rings is 2. The Kier molecular flexibility index (Phi) is 5.65. The molecule has 5 nitrogen and oxygen atoms in total. The molecule has 1 aliphatic heterocycles. The number of para-hydroxylation sites is 1. The lowest BCUT2D eigenvalue weighted by Gasteiger charge is -2.35. The Bertz CT molecular complexity index is 1170. The van der Waals surface area contributed by atoms with Crippen molar-refractivity contribution in [2.24, 2.45) is 4.99 Å². The Morgan fingerprint density at radius 3 is 2.10 bits per heavy atom. The molecule has 0 bridgehead atoms. The number of aliphatic hydroxyl groups excluding tert-OH is 1. The van der Waals surface area contributed by atoms with E-state index in [1.165, 1.54) is 18.2 Å². The molecule has 1 aliphatic rings. The first kappa shape index (κ1) is 22.8. The summed E-state index contributed by atoms with van der Waals surface area (Å²) in [5, 5.41) is 10.4. The number of aliphatic hydroxyl groups is 1. The third-order valence-corrected chi connectivity index (χ3v) is 5.47. The molecular weight excluding hydrogens is 450 g/mol. The summed E-state index contributed by atoms with van der Waals surface area (Å²) in [4.78, 5) is 3.47. The van der Waals surface area contributed by atoms with Gasteiger partial charge >= 0.3 is 12.4 Å². The van der Waals surface area contributed by atoms with Crippen molar-refractivity contribution in [1.82, 2.24) is 0 Å². The fourth-order valence-corrected chi connectivity index (χ4v) is 3.93. The van der Waals surface area contributed by atoms with Crippen LogP contribution in [-0.2, 0) is 16.0 Å². The van der Waals surface area contributed by atoms with Crippen LogP contribution in [0.2, 0.25) is 0 Å². The Morgan fingerprint density at radius 2 is 1.52 bits per heavy atom. The van der Waals surface area contributed by atoms with E-state index >= 15 is 0 Å². The van der Waals surface area contributed by atoms with Crippen molar-refractivity contribution in [3.63, 3.8) is 0 Å². The standard InChI is InChI=1S/C19H14F6N2O3S/c1-31(29,30)14-9-5-2-6-11(14)17-26-15(19(23,24)25)10-16(28)27(17)13-8-4-3-7-12(13)18(20,21)22/h2-10,16,28H,1H3. The smallest absolute Gasteiger partial charge is 0.369 e. The molecule has 2 aromatic carbocycles. The first-order valence-electron chi connectivity index (χ1n) is 8.52. The van der Waals surface area contributed by atoms with Gasteiger partial charge < -0.3 is 5.11 Å². The average Bonchev–Trinajstić information content (AvgIpc) is 2.65. The zero-order chi connectivity index (χ0) is 23.2. The van der Waals surface area contributed by atoms with Gasteiger partial charge in [-0.05, 0) is 30.3 Å². The molecule has 1 heterocycles. The number of hydrogen-bond donors (Lipinski definition) is 1. The van der Waals surface area contributed by atoms with Gasteiger partial charge in [-0.25, -0.2) is 13.4 Å². The number of rotatable bonds is 3. The fourth-order valence-electron chi connectivity index (χ4n) is 3.05. The third-order valence-electron chi connectivity index (χ3n) is 4.31. The number of allylic oxidation sites excluding steroid dienone is 1. The molecule has 31 heavy (non-hydrogen) atoms. The molecule has 0 saturated carbocycles. The largest absolute Gasteiger partial charge is 0.433 e. The zero-order valence-corrected chi connectivity index (χ0v) is 16.4. The van der Waals surface area contributed by atoms with E-state index in [1.807, 2.05) is 0 Å². The van der Waals surface area contributed by atoms with Crippen molar-refractivity contribution in [2.45, 2.75) is 23.5 Å². The maximum absolute atomic E-state index is 13.6. The Balaban J connectivity index is 2.35. The first-order chi connectivity index (χ1) is 14.2. The summed E-state index contributed by atoms with van der Waals surface area (Å²) in [6.45, 7) is 0. The van der Waals surface area contributed by atoms with Crippen LogP contribution >= 0.6 is 0 Å². The Morgan fingerprint density at radius 1 is 0.935 bits per heavy atom. The van der Waals surface area contributed by atoms with Crippen molar-refractivity contribution in [2.75, 3.05) is 11.2 Å². The molecule has 2 aromatic rings. The lowest BCUT2D eigenvalue weighted by atomic mass is 10.1. The van der Waals surface area contributed by atoms with E-state index in [2.05, 4.69) is 4.99 Å². The van der Waals surface area contributed by atoms with Crippen molar-refractivity contribution >= 4 is 21.4 Å². The average molecular weight is 464 g/mol. The minimum absolute atomic E-state index is 0.250. The van der Waals surface area contributed by atoms with Crippen LogP contribution < -0.4 is 4.90 Å². The van der Waals surface area contributed by atoms with Gasteiger partial charge in [-0.2, -0.15) is 26.3 Å². The molecule has 3 rings (SSSR count). The summed E-state index contributed by atoms with van der Waals surface area (Å²) in [5.41, 5.74) is -3.90. The second kappa shape index (κ2) is 7.68. The van der Waals surface area contributed by atoms with Crippen molar-refractivity contribution in [3.05, 3.63) is 71.4 Å². The molecule has 0 fully saturated rings.